The number of carbonyl (C=O) groups is 1. The molecule has 2 aromatic heterocycles. The van der Waals surface area contributed by atoms with Crippen LogP contribution in [0, 0.1) is 0 Å². The van der Waals surface area contributed by atoms with Gasteiger partial charge in [0.1, 0.15) is 17.6 Å². The molecule has 0 saturated carbocycles. The van der Waals surface area contributed by atoms with Crippen LogP contribution in [-0.4, -0.2) is 24.3 Å². The summed E-state index contributed by atoms with van der Waals surface area (Å²) in [5.74, 6) is 0.473. The number of ether oxygens (including phenoxy) is 2. The van der Waals surface area contributed by atoms with E-state index in [4.69, 9.17) is 30.5 Å². The van der Waals surface area contributed by atoms with Gasteiger partial charge in [-0.3, -0.25) is 9.36 Å². The molecule has 0 amide bonds. The van der Waals surface area contributed by atoms with Gasteiger partial charge in [-0.2, -0.15) is 0 Å². The maximum atomic E-state index is 14.0. The van der Waals surface area contributed by atoms with E-state index < -0.39 is 12.0 Å². The third kappa shape index (κ3) is 6.11. The molecule has 0 fully saturated rings. The predicted molar refractivity (Wildman–Crippen MR) is 165 cm³/mol. The normalized spacial score (nSPS) is 15.0. The number of benzene rings is 2. The molecule has 0 saturated heterocycles. The Bertz CT molecular complexity index is 1810. The van der Waals surface area contributed by atoms with E-state index >= 15 is 0 Å². The highest BCUT2D eigenvalue weighted by molar-refractivity contribution is 9.10. The van der Waals surface area contributed by atoms with Gasteiger partial charge in [0, 0.05) is 21.6 Å². The molecule has 2 aromatic carbocycles. The number of thiazole rings is 1. The van der Waals surface area contributed by atoms with Crippen molar-refractivity contribution in [3.05, 3.63) is 106 Å². The minimum atomic E-state index is -0.838. The van der Waals surface area contributed by atoms with Crippen LogP contribution in [0.25, 0.3) is 6.08 Å². The maximum absolute atomic E-state index is 14.0. The van der Waals surface area contributed by atoms with Crippen LogP contribution < -0.4 is 19.6 Å². The van der Waals surface area contributed by atoms with Gasteiger partial charge in [-0.05, 0) is 65.7 Å². The number of aromatic nitrogens is 1. The van der Waals surface area contributed by atoms with Gasteiger partial charge in [0.15, 0.2) is 9.89 Å². The highest BCUT2D eigenvalue weighted by atomic mass is 79.9. The molecular formula is C30H26BrClN2O5S2. The topological polar surface area (TPSA) is 83.0 Å². The van der Waals surface area contributed by atoms with Crippen molar-refractivity contribution in [1.82, 2.24) is 4.57 Å². The number of rotatable bonds is 9. The fourth-order valence-corrected chi connectivity index (χ4v) is 7.10. The Balaban J connectivity index is 1.69. The Hall–Kier alpha value is -3.05. The standard InChI is InChI=1S/C30H26BrClN2O5S2/c1-4-9-22-25(28(36)38-5-2)26(20-14-17(32)12-13-23(20)37-3)34-27(35)24(41-30(34)33-22)16-18-15-21(31)29(39-18)40-19-10-7-6-8-11-19/h6-8,10-16,26H,4-5,9H2,1-3H3/b24-16+/t26-/m1/s1. The number of esters is 1. The number of furan rings is 1. The summed E-state index contributed by atoms with van der Waals surface area (Å²) in [5.41, 5.74) is 1.13. The van der Waals surface area contributed by atoms with Crippen LogP contribution in [0.3, 0.4) is 0 Å². The molecule has 1 atom stereocenters. The minimum absolute atomic E-state index is 0.183. The molecule has 7 nitrogen and oxygen atoms in total. The lowest BCUT2D eigenvalue weighted by molar-refractivity contribution is -0.139. The predicted octanol–water partition coefficient (Wildman–Crippen LogP) is 6.75. The number of methoxy groups -OCH3 is 1. The molecular weight excluding hydrogens is 648 g/mol. The van der Waals surface area contributed by atoms with Crippen molar-refractivity contribution < 1.29 is 18.7 Å². The number of halogens is 2. The quantitative estimate of drug-likeness (QED) is 0.183. The molecule has 0 aliphatic carbocycles. The van der Waals surface area contributed by atoms with Crippen LogP contribution in [0.2, 0.25) is 5.02 Å². The summed E-state index contributed by atoms with van der Waals surface area (Å²) in [4.78, 5) is 33.7. The number of allylic oxidation sites excluding steroid dienone is 1. The average molecular weight is 674 g/mol. The van der Waals surface area contributed by atoms with E-state index in [1.54, 1.807) is 31.2 Å². The van der Waals surface area contributed by atoms with Gasteiger partial charge in [-0.25, -0.2) is 9.79 Å². The fraction of sp³-hybridized carbons (Fsp3) is 0.233. The van der Waals surface area contributed by atoms with Crippen molar-refractivity contribution in [1.29, 1.82) is 0 Å². The summed E-state index contributed by atoms with van der Waals surface area (Å²) in [6.45, 7) is 3.94. The van der Waals surface area contributed by atoms with E-state index in [9.17, 15) is 9.59 Å². The molecule has 0 radical (unpaired) electrons. The number of hydrogen-bond acceptors (Lipinski definition) is 8. The number of hydrogen-bond donors (Lipinski definition) is 0. The van der Waals surface area contributed by atoms with Crippen molar-refractivity contribution in [3.8, 4) is 5.75 Å². The molecule has 1 aliphatic heterocycles. The van der Waals surface area contributed by atoms with Crippen LogP contribution in [0.1, 0.15) is 44.1 Å². The molecule has 4 aromatic rings. The van der Waals surface area contributed by atoms with Gasteiger partial charge in [-0.15, -0.1) is 0 Å². The summed E-state index contributed by atoms with van der Waals surface area (Å²) in [5, 5.41) is 1.12. The van der Waals surface area contributed by atoms with Gasteiger partial charge in [-0.1, -0.05) is 66.2 Å². The first-order chi connectivity index (χ1) is 19.8. The molecule has 0 unspecified atom stereocenters. The van der Waals surface area contributed by atoms with E-state index in [2.05, 4.69) is 15.9 Å². The summed E-state index contributed by atoms with van der Waals surface area (Å²) < 4.78 is 19.9. The minimum Gasteiger partial charge on any atom is -0.496 e. The largest absolute Gasteiger partial charge is 0.496 e. The lowest BCUT2D eigenvalue weighted by atomic mass is 9.93. The summed E-state index contributed by atoms with van der Waals surface area (Å²) in [6.07, 6.45) is 2.98. The zero-order chi connectivity index (χ0) is 29.1. The van der Waals surface area contributed by atoms with Gasteiger partial charge >= 0.3 is 5.97 Å². The number of nitrogens with zero attached hydrogens (tertiary/aromatic N) is 2. The van der Waals surface area contributed by atoms with Crippen LogP contribution in [0.15, 0.2) is 94.5 Å². The van der Waals surface area contributed by atoms with Crippen LogP contribution in [0.5, 0.6) is 5.75 Å². The summed E-state index contributed by atoms with van der Waals surface area (Å²) in [6, 6.07) is 16.0. The number of fused-ring (bicyclic) bond motifs is 1. The molecule has 11 heteroatoms. The zero-order valence-corrected chi connectivity index (χ0v) is 26.5. The third-order valence-corrected chi connectivity index (χ3v) is 9.35. The molecule has 41 heavy (non-hydrogen) atoms. The first-order valence-corrected chi connectivity index (χ1v) is 15.7. The monoisotopic (exact) mass is 672 g/mol. The smallest absolute Gasteiger partial charge is 0.338 e. The first-order valence-electron chi connectivity index (χ1n) is 12.9. The Kier molecular flexibility index (Phi) is 9.23. The van der Waals surface area contributed by atoms with E-state index in [0.717, 1.165) is 15.8 Å². The Morgan fingerprint density at radius 1 is 1.22 bits per heavy atom. The SMILES string of the molecule is CCCC1=C(C(=O)OCC)[C@@H](c2cc(Cl)ccc2OC)n2c(s/c(=C/c3cc(Br)c(Sc4ccccc4)o3)c2=O)=N1. The second-order valence-electron chi connectivity index (χ2n) is 9.00. The lowest BCUT2D eigenvalue weighted by Gasteiger charge is -2.27. The van der Waals surface area contributed by atoms with Crippen molar-refractivity contribution in [2.45, 2.75) is 42.7 Å². The molecule has 0 N–H and O–H groups in total. The number of carbonyl (C=O) groups excluding carboxylic acids is 1. The lowest BCUT2D eigenvalue weighted by Crippen LogP contribution is -2.40. The van der Waals surface area contributed by atoms with E-state index in [1.807, 2.05) is 43.3 Å². The van der Waals surface area contributed by atoms with Crippen molar-refractivity contribution >= 4 is 62.7 Å². The van der Waals surface area contributed by atoms with Crippen LogP contribution in [0.4, 0.5) is 0 Å². The maximum Gasteiger partial charge on any atom is 0.338 e. The summed E-state index contributed by atoms with van der Waals surface area (Å²) >= 11 is 12.7. The first kappa shape index (κ1) is 29.4. The molecule has 0 bridgehead atoms. The van der Waals surface area contributed by atoms with E-state index in [1.165, 1.54) is 34.8 Å². The van der Waals surface area contributed by atoms with E-state index in [-0.39, 0.29) is 12.2 Å². The van der Waals surface area contributed by atoms with E-state index in [0.29, 0.717) is 54.2 Å². The third-order valence-electron chi connectivity index (χ3n) is 6.28. The Morgan fingerprint density at radius 2 is 2.00 bits per heavy atom. The highest BCUT2D eigenvalue weighted by Crippen LogP contribution is 2.39. The van der Waals surface area contributed by atoms with Crippen molar-refractivity contribution in [3.63, 3.8) is 0 Å². The summed E-state index contributed by atoms with van der Waals surface area (Å²) in [7, 11) is 1.54. The molecule has 3 heterocycles. The van der Waals surface area contributed by atoms with Crippen LogP contribution in [-0.2, 0) is 9.53 Å². The molecule has 0 spiro atoms. The molecule has 212 valence electrons. The molecule has 1 aliphatic rings. The Labute approximate surface area is 258 Å². The van der Waals surface area contributed by atoms with Crippen molar-refractivity contribution in [2.75, 3.05) is 13.7 Å². The average Bonchev–Trinajstić information content (AvgIpc) is 3.46. The fourth-order valence-electron chi connectivity index (χ4n) is 4.57. The van der Waals surface area contributed by atoms with Gasteiger partial charge in [0.2, 0.25) is 0 Å². The van der Waals surface area contributed by atoms with Gasteiger partial charge in [0.05, 0.1) is 34.0 Å². The zero-order valence-electron chi connectivity index (χ0n) is 22.5. The van der Waals surface area contributed by atoms with Gasteiger partial charge < -0.3 is 13.9 Å². The second-order valence-corrected chi connectivity index (χ2v) is 12.3. The van der Waals surface area contributed by atoms with Gasteiger partial charge in [0.25, 0.3) is 5.56 Å². The highest BCUT2D eigenvalue weighted by Gasteiger charge is 2.36. The second kappa shape index (κ2) is 12.9. The van der Waals surface area contributed by atoms with Crippen LogP contribution >= 0.6 is 50.6 Å². The molecule has 5 rings (SSSR count). The van der Waals surface area contributed by atoms with Crippen molar-refractivity contribution in [2.24, 2.45) is 4.99 Å². The Morgan fingerprint density at radius 3 is 2.71 bits per heavy atom.